The van der Waals surface area contributed by atoms with Gasteiger partial charge in [0.15, 0.2) is 0 Å². The van der Waals surface area contributed by atoms with Gasteiger partial charge in [-0.05, 0) is 50.5 Å². The second kappa shape index (κ2) is 5.67. The van der Waals surface area contributed by atoms with Crippen molar-refractivity contribution < 1.29 is 4.74 Å². The van der Waals surface area contributed by atoms with Gasteiger partial charge in [0.2, 0.25) is 0 Å². The lowest BCUT2D eigenvalue weighted by Gasteiger charge is -2.28. The maximum absolute atomic E-state index is 5.66. The van der Waals surface area contributed by atoms with Gasteiger partial charge >= 0.3 is 0 Å². The number of nitrogens with two attached hydrogens (primary N) is 1. The van der Waals surface area contributed by atoms with Crippen LogP contribution in [0, 0.1) is 6.92 Å². The van der Waals surface area contributed by atoms with Gasteiger partial charge in [-0.25, -0.2) is 0 Å². The number of nitrogens with one attached hydrogen (secondary N) is 1. The van der Waals surface area contributed by atoms with Gasteiger partial charge in [0.1, 0.15) is 4.99 Å². The average Bonchev–Trinajstić information content (AvgIpc) is 2.28. The van der Waals surface area contributed by atoms with Gasteiger partial charge in [-0.15, -0.1) is 0 Å². The number of benzene rings is 1. The maximum Gasteiger partial charge on any atom is 0.104 e. The van der Waals surface area contributed by atoms with E-state index in [0.717, 1.165) is 36.3 Å². The van der Waals surface area contributed by atoms with E-state index in [1.807, 2.05) is 19.1 Å². The van der Waals surface area contributed by atoms with Gasteiger partial charge in [0, 0.05) is 23.9 Å². The summed E-state index contributed by atoms with van der Waals surface area (Å²) in [5, 5.41) is 3.55. The highest BCUT2D eigenvalue weighted by Crippen LogP contribution is 2.21. The van der Waals surface area contributed by atoms with Crippen LogP contribution in [0.15, 0.2) is 18.2 Å². The third-order valence-electron chi connectivity index (χ3n) is 3.35. The van der Waals surface area contributed by atoms with Crippen molar-refractivity contribution >= 4 is 22.9 Å². The van der Waals surface area contributed by atoms with Crippen LogP contribution in [0.1, 0.15) is 30.9 Å². The number of ether oxygens (including phenoxy) is 1. The Morgan fingerprint density at radius 2 is 2.28 bits per heavy atom. The van der Waals surface area contributed by atoms with E-state index in [1.54, 1.807) is 0 Å². The standard InChI is InChI=1S/C14H20N2OS/c1-9-7-11(3-4-13(9)14(15)18)16-12-5-6-17-10(2)8-12/h3-4,7,10,12,16H,5-6,8H2,1-2H3,(H2,15,18). The molecule has 1 aromatic rings. The van der Waals surface area contributed by atoms with E-state index in [9.17, 15) is 0 Å². The first-order chi connectivity index (χ1) is 8.56. The summed E-state index contributed by atoms with van der Waals surface area (Å²) in [4.78, 5) is 0.457. The molecule has 1 aliphatic heterocycles. The van der Waals surface area contributed by atoms with E-state index in [4.69, 9.17) is 22.7 Å². The van der Waals surface area contributed by atoms with E-state index in [2.05, 4.69) is 18.3 Å². The zero-order chi connectivity index (χ0) is 13.1. The monoisotopic (exact) mass is 264 g/mol. The highest BCUT2D eigenvalue weighted by Gasteiger charge is 2.19. The summed E-state index contributed by atoms with van der Waals surface area (Å²) in [5.74, 6) is 0. The van der Waals surface area contributed by atoms with Crippen molar-refractivity contribution in [1.29, 1.82) is 0 Å². The van der Waals surface area contributed by atoms with E-state index in [1.165, 1.54) is 0 Å². The third kappa shape index (κ3) is 3.21. The number of rotatable bonds is 3. The number of aryl methyl sites for hydroxylation is 1. The SMILES string of the molecule is Cc1cc(NC2CCOC(C)C2)ccc1C(N)=S. The number of thiocarbonyl (C=S) groups is 1. The van der Waals surface area contributed by atoms with Crippen LogP contribution < -0.4 is 11.1 Å². The summed E-state index contributed by atoms with van der Waals surface area (Å²) in [5.41, 5.74) is 8.87. The molecule has 2 unspecified atom stereocenters. The molecular weight excluding hydrogens is 244 g/mol. The van der Waals surface area contributed by atoms with Crippen molar-refractivity contribution in [3.63, 3.8) is 0 Å². The first-order valence-corrected chi connectivity index (χ1v) is 6.75. The maximum atomic E-state index is 5.66. The molecule has 0 aliphatic carbocycles. The van der Waals surface area contributed by atoms with Crippen molar-refractivity contribution in [3.8, 4) is 0 Å². The molecule has 1 saturated heterocycles. The largest absolute Gasteiger partial charge is 0.389 e. The van der Waals surface area contributed by atoms with Gasteiger partial charge in [0.25, 0.3) is 0 Å². The molecule has 0 radical (unpaired) electrons. The van der Waals surface area contributed by atoms with Crippen LogP contribution in [0.4, 0.5) is 5.69 Å². The highest BCUT2D eigenvalue weighted by atomic mass is 32.1. The molecule has 0 bridgehead atoms. The van der Waals surface area contributed by atoms with Crippen molar-refractivity contribution in [2.75, 3.05) is 11.9 Å². The first kappa shape index (κ1) is 13.3. The Bertz CT molecular complexity index is 447. The van der Waals surface area contributed by atoms with Gasteiger partial charge in [0.05, 0.1) is 6.10 Å². The van der Waals surface area contributed by atoms with Crippen LogP contribution in [0.2, 0.25) is 0 Å². The summed E-state index contributed by atoms with van der Waals surface area (Å²) in [6, 6.07) is 6.63. The summed E-state index contributed by atoms with van der Waals surface area (Å²) in [7, 11) is 0. The molecular formula is C14H20N2OS. The van der Waals surface area contributed by atoms with E-state index in [0.29, 0.717) is 17.1 Å². The molecule has 0 amide bonds. The molecule has 1 aliphatic rings. The normalized spacial score (nSPS) is 23.7. The Hall–Kier alpha value is -1.13. The van der Waals surface area contributed by atoms with Gasteiger partial charge < -0.3 is 15.8 Å². The van der Waals surface area contributed by atoms with E-state index >= 15 is 0 Å². The molecule has 0 aromatic heterocycles. The quantitative estimate of drug-likeness (QED) is 0.824. The molecule has 0 saturated carbocycles. The first-order valence-electron chi connectivity index (χ1n) is 6.35. The lowest BCUT2D eigenvalue weighted by atomic mass is 10.0. The molecule has 1 aromatic carbocycles. The van der Waals surface area contributed by atoms with Crippen molar-refractivity contribution in [3.05, 3.63) is 29.3 Å². The Labute approximate surface area is 114 Å². The van der Waals surface area contributed by atoms with Gasteiger partial charge in [-0.3, -0.25) is 0 Å². The Kier molecular flexibility index (Phi) is 4.19. The van der Waals surface area contributed by atoms with Crippen molar-refractivity contribution in [2.24, 2.45) is 5.73 Å². The summed E-state index contributed by atoms with van der Waals surface area (Å²) in [6.45, 7) is 4.99. The summed E-state index contributed by atoms with van der Waals surface area (Å²) < 4.78 is 5.55. The molecule has 2 atom stereocenters. The lowest BCUT2D eigenvalue weighted by Crippen LogP contribution is -2.32. The van der Waals surface area contributed by atoms with Crippen LogP contribution in [0.3, 0.4) is 0 Å². The number of hydrogen-bond donors (Lipinski definition) is 2. The van der Waals surface area contributed by atoms with Crippen LogP contribution >= 0.6 is 12.2 Å². The zero-order valence-electron chi connectivity index (χ0n) is 10.9. The predicted molar refractivity (Wildman–Crippen MR) is 79.1 cm³/mol. The fourth-order valence-electron chi connectivity index (χ4n) is 2.39. The molecule has 3 N–H and O–H groups in total. The molecule has 4 heteroatoms. The highest BCUT2D eigenvalue weighted by molar-refractivity contribution is 7.80. The summed E-state index contributed by atoms with van der Waals surface area (Å²) in [6.07, 6.45) is 2.45. The predicted octanol–water partition coefficient (Wildman–Crippen LogP) is 2.61. The minimum absolute atomic E-state index is 0.341. The molecule has 18 heavy (non-hydrogen) atoms. The van der Waals surface area contributed by atoms with Gasteiger partial charge in [-0.2, -0.15) is 0 Å². The van der Waals surface area contributed by atoms with Crippen molar-refractivity contribution in [1.82, 2.24) is 0 Å². The number of hydrogen-bond acceptors (Lipinski definition) is 3. The number of anilines is 1. The zero-order valence-corrected chi connectivity index (χ0v) is 11.7. The molecule has 1 fully saturated rings. The molecule has 2 rings (SSSR count). The molecule has 98 valence electrons. The Morgan fingerprint density at radius 3 is 2.89 bits per heavy atom. The van der Waals surface area contributed by atoms with Gasteiger partial charge in [-0.1, -0.05) is 12.2 Å². The smallest absolute Gasteiger partial charge is 0.104 e. The van der Waals surface area contributed by atoms with Crippen LogP contribution in [0.5, 0.6) is 0 Å². The lowest BCUT2D eigenvalue weighted by molar-refractivity contribution is 0.0232. The third-order valence-corrected chi connectivity index (χ3v) is 3.57. The Balaban J connectivity index is 2.05. The van der Waals surface area contributed by atoms with Crippen LogP contribution in [0.25, 0.3) is 0 Å². The minimum Gasteiger partial charge on any atom is -0.389 e. The van der Waals surface area contributed by atoms with Crippen molar-refractivity contribution in [2.45, 2.75) is 38.8 Å². The Morgan fingerprint density at radius 1 is 1.50 bits per heavy atom. The fraction of sp³-hybridized carbons (Fsp3) is 0.500. The van der Waals surface area contributed by atoms with Crippen LogP contribution in [-0.2, 0) is 4.74 Å². The average molecular weight is 264 g/mol. The second-order valence-corrected chi connectivity index (χ2v) is 5.38. The van der Waals surface area contributed by atoms with E-state index < -0.39 is 0 Å². The van der Waals surface area contributed by atoms with E-state index in [-0.39, 0.29) is 0 Å². The molecule has 0 spiro atoms. The molecule has 1 heterocycles. The molecule has 3 nitrogen and oxygen atoms in total. The minimum atomic E-state index is 0.341. The summed E-state index contributed by atoms with van der Waals surface area (Å²) >= 11 is 5.01. The fourth-order valence-corrected chi connectivity index (χ4v) is 2.62. The second-order valence-electron chi connectivity index (χ2n) is 4.94. The van der Waals surface area contributed by atoms with Crippen LogP contribution in [-0.4, -0.2) is 23.7 Å². The topological polar surface area (TPSA) is 47.3 Å².